The second-order valence-electron chi connectivity index (χ2n) is 7.14. The third-order valence-electron chi connectivity index (χ3n) is 5.20. The van der Waals surface area contributed by atoms with Gasteiger partial charge in [0.2, 0.25) is 0 Å². The molecule has 1 atom stereocenters. The number of rotatable bonds is 3. The van der Waals surface area contributed by atoms with Gasteiger partial charge in [0.25, 0.3) is 5.56 Å². The molecule has 0 amide bonds. The number of nitrogens with two attached hydrogens (primary N) is 1. The molecule has 3 aromatic rings. The van der Waals surface area contributed by atoms with Crippen molar-refractivity contribution in [2.24, 2.45) is 5.73 Å². The molecule has 0 aliphatic carbocycles. The zero-order valence-electron chi connectivity index (χ0n) is 17.2. The summed E-state index contributed by atoms with van der Waals surface area (Å²) in [6.45, 7) is 0. The molecule has 4 rings (SSSR count). The zero-order chi connectivity index (χ0) is 24.7. The third-order valence-corrected chi connectivity index (χ3v) is 7.43. The summed E-state index contributed by atoms with van der Waals surface area (Å²) < 4.78 is 6.58. The van der Waals surface area contributed by atoms with Gasteiger partial charge in [-0.05, 0) is 41.5 Å². The predicted octanol–water partition coefficient (Wildman–Crippen LogP) is 4.12. The molecule has 0 saturated carbocycles. The minimum atomic E-state index is -0.966. The van der Waals surface area contributed by atoms with E-state index < -0.39 is 17.4 Å². The molecule has 1 aliphatic heterocycles. The molecule has 2 heterocycles. The molecule has 172 valence electrons. The summed E-state index contributed by atoms with van der Waals surface area (Å²) in [6.07, 6.45) is 1.57. The Morgan fingerprint density at radius 3 is 2.38 bits per heavy atom. The smallest absolute Gasteiger partial charge is 0.338 e. The Bertz CT molecular complexity index is 1620. The molecule has 2 N–H and O–H groups in total. The van der Waals surface area contributed by atoms with E-state index in [0.717, 1.165) is 15.9 Å². The molecule has 0 spiro atoms. The van der Waals surface area contributed by atoms with E-state index in [1.165, 1.54) is 13.2 Å². The second kappa shape index (κ2) is 9.49. The van der Waals surface area contributed by atoms with Crippen LogP contribution in [0.3, 0.4) is 0 Å². The van der Waals surface area contributed by atoms with Crippen molar-refractivity contribution in [3.8, 4) is 6.07 Å². The van der Waals surface area contributed by atoms with Crippen LogP contribution in [0.1, 0.15) is 17.0 Å². The molecule has 1 aromatic heterocycles. The number of esters is 1. The summed E-state index contributed by atoms with van der Waals surface area (Å²) in [6, 6.07) is 11.7. The lowest BCUT2D eigenvalue weighted by molar-refractivity contribution is -0.136. The average molecular weight is 553 g/mol. The quantitative estimate of drug-likeness (QED) is 0.493. The van der Waals surface area contributed by atoms with Gasteiger partial charge in [-0.3, -0.25) is 9.36 Å². The summed E-state index contributed by atoms with van der Waals surface area (Å²) >= 11 is 25.7. The van der Waals surface area contributed by atoms with Crippen LogP contribution >= 0.6 is 57.7 Å². The molecule has 1 aliphatic rings. The molecule has 2 aromatic carbocycles. The topological polar surface area (TPSA) is 98.1 Å². The molecular formula is C23H13Cl4N3O3S. The highest BCUT2D eigenvalue weighted by atomic mass is 35.5. The summed E-state index contributed by atoms with van der Waals surface area (Å²) in [7, 11) is 1.18. The standard InChI is InChI=1S/C23H13Cl4N3O3S/c1-33-23(32)19-18(13-5-4-12(25)8-16(13)27)14(9-28)22-30(20(19)29)21(31)17(34-22)6-10-2-3-11(24)7-15(10)26/h2-8,18H,29H2,1H3/b17-6-. The van der Waals surface area contributed by atoms with Crippen LogP contribution in [0.5, 0.6) is 0 Å². The lowest BCUT2D eigenvalue weighted by Crippen LogP contribution is -2.40. The van der Waals surface area contributed by atoms with Gasteiger partial charge in [0.05, 0.1) is 34.8 Å². The van der Waals surface area contributed by atoms with Crippen molar-refractivity contribution in [1.29, 1.82) is 5.26 Å². The number of carbonyl (C=O) groups excluding carboxylic acids is 1. The number of ether oxygens (including phenoxy) is 1. The Labute approximate surface area is 217 Å². The maximum absolute atomic E-state index is 13.3. The van der Waals surface area contributed by atoms with E-state index >= 15 is 0 Å². The van der Waals surface area contributed by atoms with E-state index in [0.29, 0.717) is 26.2 Å². The van der Waals surface area contributed by atoms with E-state index in [1.807, 2.05) is 0 Å². The first-order valence-electron chi connectivity index (χ1n) is 9.54. The Kier molecular flexibility index (Phi) is 6.81. The van der Waals surface area contributed by atoms with Crippen molar-refractivity contribution < 1.29 is 9.53 Å². The molecular weight excluding hydrogens is 540 g/mol. The lowest BCUT2D eigenvalue weighted by atomic mass is 9.84. The number of carbonyl (C=O) groups is 1. The summed E-state index contributed by atoms with van der Waals surface area (Å²) in [4.78, 5) is 26.1. The fourth-order valence-electron chi connectivity index (χ4n) is 3.67. The van der Waals surface area contributed by atoms with Gasteiger partial charge < -0.3 is 10.5 Å². The highest BCUT2D eigenvalue weighted by Crippen LogP contribution is 2.40. The SMILES string of the molecule is COC(=O)C1=C(N)n2c(s/c(=C\c3ccc(Cl)cc3Cl)c2=O)=C(C#N)C1c1ccc(Cl)cc1Cl. The normalized spacial score (nSPS) is 15.8. The molecule has 6 nitrogen and oxygen atoms in total. The first-order valence-corrected chi connectivity index (χ1v) is 11.9. The van der Waals surface area contributed by atoms with Crippen molar-refractivity contribution in [2.45, 2.75) is 5.92 Å². The van der Waals surface area contributed by atoms with Gasteiger partial charge >= 0.3 is 5.97 Å². The summed E-state index contributed by atoms with van der Waals surface area (Å²) in [5.74, 6) is -1.91. The summed E-state index contributed by atoms with van der Waals surface area (Å²) in [5.41, 5.74) is 6.84. The van der Waals surface area contributed by atoms with Crippen molar-refractivity contribution >= 4 is 81.2 Å². The highest BCUT2D eigenvalue weighted by Gasteiger charge is 2.37. The van der Waals surface area contributed by atoms with Gasteiger partial charge in [0.1, 0.15) is 10.5 Å². The number of thiazole rings is 1. The molecule has 11 heteroatoms. The van der Waals surface area contributed by atoms with E-state index in [-0.39, 0.29) is 31.2 Å². The lowest BCUT2D eigenvalue weighted by Gasteiger charge is -2.25. The summed E-state index contributed by atoms with van der Waals surface area (Å²) in [5, 5.41) is 11.5. The number of methoxy groups -OCH3 is 1. The third kappa shape index (κ3) is 4.13. The van der Waals surface area contributed by atoms with Crippen LogP contribution in [0.2, 0.25) is 20.1 Å². The average Bonchev–Trinajstić information content (AvgIpc) is 3.11. The highest BCUT2D eigenvalue weighted by molar-refractivity contribution is 7.07. The van der Waals surface area contributed by atoms with E-state index in [2.05, 4.69) is 6.07 Å². The van der Waals surface area contributed by atoms with E-state index in [9.17, 15) is 14.9 Å². The number of benzene rings is 2. The van der Waals surface area contributed by atoms with Gasteiger partial charge in [0.15, 0.2) is 0 Å². The number of nitriles is 1. The number of nitrogens with zero attached hydrogens (tertiary/aromatic N) is 2. The first-order chi connectivity index (χ1) is 16.2. The second-order valence-corrected chi connectivity index (χ2v) is 9.85. The number of halogens is 4. The Morgan fingerprint density at radius 2 is 1.79 bits per heavy atom. The van der Waals surface area contributed by atoms with Crippen LogP contribution in [-0.2, 0) is 9.53 Å². The molecule has 0 bridgehead atoms. The molecule has 1 unspecified atom stereocenters. The minimum absolute atomic E-state index is 0.0771. The van der Waals surface area contributed by atoms with Crippen LogP contribution in [0.4, 0.5) is 0 Å². The fourth-order valence-corrected chi connectivity index (χ4v) is 5.77. The first kappa shape index (κ1) is 24.4. The van der Waals surface area contributed by atoms with Crippen molar-refractivity contribution in [2.75, 3.05) is 7.11 Å². The minimum Gasteiger partial charge on any atom is -0.466 e. The monoisotopic (exact) mass is 551 g/mol. The van der Waals surface area contributed by atoms with Crippen LogP contribution in [0.15, 0.2) is 46.8 Å². The van der Waals surface area contributed by atoms with Crippen molar-refractivity contribution in [3.05, 3.63) is 92.7 Å². The van der Waals surface area contributed by atoms with Gasteiger partial charge in [-0.2, -0.15) is 5.26 Å². The van der Waals surface area contributed by atoms with Crippen LogP contribution in [-0.4, -0.2) is 17.6 Å². The van der Waals surface area contributed by atoms with Crippen molar-refractivity contribution in [3.63, 3.8) is 0 Å². The number of hydrogen-bond acceptors (Lipinski definition) is 6. The molecule has 0 radical (unpaired) electrons. The predicted molar refractivity (Wildman–Crippen MR) is 136 cm³/mol. The van der Waals surface area contributed by atoms with Crippen LogP contribution in [0.25, 0.3) is 17.5 Å². The maximum Gasteiger partial charge on any atom is 0.338 e. The largest absolute Gasteiger partial charge is 0.466 e. The Balaban J connectivity index is 2.10. The maximum atomic E-state index is 13.3. The van der Waals surface area contributed by atoms with E-state index in [4.69, 9.17) is 56.9 Å². The number of fused-ring (bicyclic) bond motifs is 1. The van der Waals surface area contributed by atoms with Crippen LogP contribution < -0.4 is 20.5 Å². The van der Waals surface area contributed by atoms with Gasteiger partial charge in [0, 0.05) is 20.1 Å². The van der Waals surface area contributed by atoms with E-state index in [1.54, 1.807) is 36.4 Å². The molecule has 0 fully saturated rings. The van der Waals surface area contributed by atoms with Gasteiger partial charge in [-0.15, -0.1) is 11.3 Å². The number of hydrogen-bond donors (Lipinski definition) is 1. The zero-order valence-corrected chi connectivity index (χ0v) is 21.1. The molecule has 34 heavy (non-hydrogen) atoms. The molecule has 0 saturated heterocycles. The Morgan fingerprint density at radius 1 is 1.15 bits per heavy atom. The number of aromatic nitrogens is 1. The van der Waals surface area contributed by atoms with Gasteiger partial charge in [-0.1, -0.05) is 58.5 Å². The fraction of sp³-hybridized carbons (Fsp3) is 0.0870. The Hall–Kier alpha value is -2.73. The van der Waals surface area contributed by atoms with Gasteiger partial charge in [-0.25, -0.2) is 4.79 Å². The van der Waals surface area contributed by atoms with Crippen LogP contribution in [0, 0.1) is 11.3 Å². The van der Waals surface area contributed by atoms with Crippen molar-refractivity contribution in [1.82, 2.24) is 4.57 Å².